The standard InChI is InChI=1S/C12H20N4O/c1-10(8-12(13)15-17)16(2)7-5-11-4-3-6-14-9-11/h3-4,6,9-10,17H,5,7-8H2,1-2H3,(H2,13,15). The van der Waals surface area contributed by atoms with E-state index in [1.807, 2.05) is 19.3 Å². The summed E-state index contributed by atoms with van der Waals surface area (Å²) >= 11 is 0. The first-order valence-corrected chi connectivity index (χ1v) is 5.69. The van der Waals surface area contributed by atoms with Gasteiger partial charge in [0, 0.05) is 31.4 Å². The molecule has 5 nitrogen and oxygen atoms in total. The minimum absolute atomic E-state index is 0.252. The Morgan fingerprint density at radius 3 is 3.00 bits per heavy atom. The van der Waals surface area contributed by atoms with Gasteiger partial charge in [-0.3, -0.25) is 4.98 Å². The Morgan fingerprint density at radius 2 is 2.41 bits per heavy atom. The molecule has 0 aliphatic heterocycles. The molecule has 0 radical (unpaired) electrons. The van der Waals surface area contributed by atoms with Gasteiger partial charge in [0.2, 0.25) is 0 Å². The fourth-order valence-corrected chi connectivity index (χ4v) is 1.57. The van der Waals surface area contributed by atoms with Crippen LogP contribution in [0.3, 0.4) is 0 Å². The highest BCUT2D eigenvalue weighted by Gasteiger charge is 2.10. The maximum absolute atomic E-state index is 8.51. The zero-order valence-electron chi connectivity index (χ0n) is 10.4. The Bertz CT molecular complexity index is 353. The molecule has 0 saturated heterocycles. The average molecular weight is 236 g/mol. The summed E-state index contributed by atoms with van der Waals surface area (Å²) in [7, 11) is 2.03. The van der Waals surface area contributed by atoms with Gasteiger partial charge in [0.05, 0.1) is 0 Å². The third-order valence-electron chi connectivity index (χ3n) is 2.86. The first-order valence-electron chi connectivity index (χ1n) is 5.69. The number of nitrogens with zero attached hydrogens (tertiary/aromatic N) is 3. The Hall–Kier alpha value is -1.62. The van der Waals surface area contributed by atoms with Crippen molar-refractivity contribution in [3.63, 3.8) is 0 Å². The number of pyridine rings is 1. The van der Waals surface area contributed by atoms with Crippen LogP contribution in [0.2, 0.25) is 0 Å². The van der Waals surface area contributed by atoms with Crippen LogP contribution in [-0.2, 0) is 6.42 Å². The molecule has 0 aliphatic carbocycles. The van der Waals surface area contributed by atoms with E-state index in [1.165, 1.54) is 5.56 Å². The van der Waals surface area contributed by atoms with E-state index in [9.17, 15) is 0 Å². The predicted molar refractivity (Wildman–Crippen MR) is 68.1 cm³/mol. The van der Waals surface area contributed by atoms with E-state index in [-0.39, 0.29) is 11.9 Å². The molecule has 3 N–H and O–H groups in total. The lowest BCUT2D eigenvalue weighted by atomic mass is 10.1. The number of hydrogen-bond donors (Lipinski definition) is 2. The van der Waals surface area contributed by atoms with Crippen molar-refractivity contribution < 1.29 is 5.21 Å². The van der Waals surface area contributed by atoms with E-state index >= 15 is 0 Å². The second-order valence-electron chi connectivity index (χ2n) is 4.24. The number of nitrogens with two attached hydrogens (primary N) is 1. The van der Waals surface area contributed by atoms with Crippen LogP contribution in [0.1, 0.15) is 18.9 Å². The van der Waals surface area contributed by atoms with Crippen molar-refractivity contribution in [3.05, 3.63) is 30.1 Å². The summed E-state index contributed by atoms with van der Waals surface area (Å²) in [5, 5.41) is 11.5. The van der Waals surface area contributed by atoms with Crippen molar-refractivity contribution in [1.29, 1.82) is 0 Å². The molecule has 0 saturated carbocycles. The van der Waals surface area contributed by atoms with Crippen LogP contribution >= 0.6 is 0 Å². The molecule has 0 spiro atoms. The highest BCUT2D eigenvalue weighted by molar-refractivity contribution is 5.80. The summed E-state index contributed by atoms with van der Waals surface area (Å²) in [6, 6.07) is 4.26. The monoisotopic (exact) mass is 236 g/mol. The Kier molecular flexibility index (Phi) is 5.42. The predicted octanol–water partition coefficient (Wildman–Crippen LogP) is 1.08. The summed E-state index contributed by atoms with van der Waals surface area (Å²) in [4.78, 5) is 6.26. The molecule has 1 unspecified atom stereocenters. The molecule has 1 aromatic heterocycles. The van der Waals surface area contributed by atoms with Gasteiger partial charge < -0.3 is 15.8 Å². The second-order valence-corrected chi connectivity index (χ2v) is 4.24. The molecule has 1 atom stereocenters. The topological polar surface area (TPSA) is 74.7 Å². The van der Waals surface area contributed by atoms with E-state index in [2.05, 4.69) is 28.0 Å². The van der Waals surface area contributed by atoms with Gasteiger partial charge in [0.15, 0.2) is 0 Å². The first kappa shape index (κ1) is 13.4. The van der Waals surface area contributed by atoms with Gasteiger partial charge in [-0.2, -0.15) is 0 Å². The van der Waals surface area contributed by atoms with Gasteiger partial charge in [-0.25, -0.2) is 0 Å². The maximum atomic E-state index is 8.51. The van der Waals surface area contributed by atoms with Crippen LogP contribution < -0.4 is 5.73 Å². The van der Waals surface area contributed by atoms with Crippen molar-refractivity contribution in [2.75, 3.05) is 13.6 Å². The third-order valence-corrected chi connectivity index (χ3v) is 2.86. The van der Waals surface area contributed by atoms with Crippen molar-refractivity contribution in [2.24, 2.45) is 10.9 Å². The van der Waals surface area contributed by atoms with Gasteiger partial charge in [-0.15, -0.1) is 0 Å². The van der Waals surface area contributed by atoms with Crippen molar-refractivity contribution >= 4 is 5.84 Å². The first-order chi connectivity index (χ1) is 8.13. The molecule has 94 valence electrons. The summed E-state index contributed by atoms with van der Waals surface area (Å²) in [6.07, 6.45) is 5.17. The SMILES string of the molecule is CC(CC(N)=NO)N(C)CCc1cccnc1. The quantitative estimate of drug-likeness (QED) is 0.335. The summed E-state index contributed by atoms with van der Waals surface area (Å²) in [6.45, 7) is 2.98. The number of hydrogen-bond acceptors (Lipinski definition) is 4. The number of amidine groups is 1. The van der Waals surface area contributed by atoms with E-state index in [4.69, 9.17) is 10.9 Å². The minimum atomic E-state index is 0.252. The fraction of sp³-hybridized carbons (Fsp3) is 0.500. The molecule has 1 rings (SSSR count). The van der Waals surface area contributed by atoms with E-state index in [0.29, 0.717) is 6.42 Å². The summed E-state index contributed by atoms with van der Waals surface area (Å²) in [5.74, 6) is 0.269. The molecule has 0 aliphatic rings. The van der Waals surface area contributed by atoms with E-state index in [1.54, 1.807) is 6.20 Å². The lowest BCUT2D eigenvalue weighted by Gasteiger charge is -2.24. The number of likely N-dealkylation sites (N-methyl/N-ethyl adjacent to an activating group) is 1. The number of rotatable bonds is 6. The van der Waals surface area contributed by atoms with Crippen LogP contribution in [0.5, 0.6) is 0 Å². The molecule has 0 aromatic carbocycles. The van der Waals surface area contributed by atoms with Gasteiger partial charge in [0.25, 0.3) is 0 Å². The normalized spacial score (nSPS) is 13.9. The molecule has 0 amide bonds. The summed E-state index contributed by atoms with van der Waals surface area (Å²) in [5.41, 5.74) is 6.70. The molecule has 5 heteroatoms. The highest BCUT2D eigenvalue weighted by atomic mass is 16.4. The van der Waals surface area contributed by atoms with Crippen LogP contribution in [-0.4, -0.2) is 40.6 Å². The van der Waals surface area contributed by atoms with Crippen molar-refractivity contribution in [2.45, 2.75) is 25.8 Å². The van der Waals surface area contributed by atoms with Crippen LogP contribution in [0.25, 0.3) is 0 Å². The van der Waals surface area contributed by atoms with E-state index < -0.39 is 0 Å². The Morgan fingerprint density at radius 1 is 1.65 bits per heavy atom. The maximum Gasteiger partial charge on any atom is 0.140 e. The van der Waals surface area contributed by atoms with Gasteiger partial charge in [-0.1, -0.05) is 11.2 Å². The molecule has 1 heterocycles. The molecular weight excluding hydrogens is 216 g/mol. The van der Waals surface area contributed by atoms with Crippen LogP contribution in [0, 0.1) is 0 Å². The zero-order chi connectivity index (χ0) is 12.7. The van der Waals surface area contributed by atoms with E-state index in [0.717, 1.165) is 13.0 Å². The zero-order valence-corrected chi connectivity index (χ0v) is 10.4. The molecule has 17 heavy (non-hydrogen) atoms. The smallest absolute Gasteiger partial charge is 0.140 e. The average Bonchev–Trinajstić information content (AvgIpc) is 2.36. The second kappa shape index (κ2) is 6.85. The largest absolute Gasteiger partial charge is 0.409 e. The number of aromatic nitrogens is 1. The van der Waals surface area contributed by atoms with Crippen LogP contribution in [0.4, 0.5) is 0 Å². The Balaban J connectivity index is 2.36. The van der Waals surface area contributed by atoms with Gasteiger partial charge in [-0.05, 0) is 32.0 Å². The minimum Gasteiger partial charge on any atom is -0.409 e. The van der Waals surface area contributed by atoms with Crippen molar-refractivity contribution in [1.82, 2.24) is 9.88 Å². The summed E-state index contributed by atoms with van der Waals surface area (Å²) < 4.78 is 0. The van der Waals surface area contributed by atoms with Crippen LogP contribution in [0.15, 0.2) is 29.7 Å². The lowest BCUT2D eigenvalue weighted by Crippen LogP contribution is -2.34. The molecular formula is C12H20N4O. The van der Waals surface area contributed by atoms with Gasteiger partial charge in [0.1, 0.15) is 5.84 Å². The number of oxime groups is 1. The molecule has 1 aromatic rings. The Labute approximate surface area is 102 Å². The highest BCUT2D eigenvalue weighted by Crippen LogP contribution is 2.04. The van der Waals surface area contributed by atoms with Gasteiger partial charge >= 0.3 is 0 Å². The lowest BCUT2D eigenvalue weighted by molar-refractivity contribution is 0.261. The van der Waals surface area contributed by atoms with Crippen molar-refractivity contribution in [3.8, 4) is 0 Å². The third kappa shape index (κ3) is 4.82. The fourth-order valence-electron chi connectivity index (χ4n) is 1.57. The molecule has 0 fully saturated rings. The molecule has 0 bridgehead atoms.